The topological polar surface area (TPSA) is 44.8 Å². The van der Waals surface area contributed by atoms with E-state index < -0.39 is 0 Å². The van der Waals surface area contributed by atoms with E-state index in [1.165, 1.54) is 32.8 Å². The van der Waals surface area contributed by atoms with Crippen molar-refractivity contribution in [3.63, 3.8) is 0 Å². The molecule has 174 valence electrons. The molecule has 2 aliphatic carbocycles. The molecule has 0 radical (unpaired) electrons. The average molecular weight is 479 g/mol. The molecule has 0 aromatic rings. The molecule has 7 atom stereocenters. The summed E-state index contributed by atoms with van der Waals surface area (Å²) in [6.07, 6.45) is 17.8. The maximum atomic E-state index is 11.2. The first-order valence-corrected chi connectivity index (χ1v) is 13.0. The summed E-state index contributed by atoms with van der Waals surface area (Å²) in [5.74, 6) is 0.675. The number of hydrogen-bond donors (Lipinski definition) is 0. The second-order valence-corrected chi connectivity index (χ2v) is 10.2. The molecule has 4 nitrogen and oxygen atoms in total. The Morgan fingerprint density at radius 1 is 1.23 bits per heavy atom. The number of hydrogen-bond acceptors (Lipinski definition) is 4. The van der Waals surface area contributed by atoms with Crippen molar-refractivity contribution in [1.29, 1.82) is 0 Å². The van der Waals surface area contributed by atoms with Gasteiger partial charge < -0.3 is 13.8 Å². The summed E-state index contributed by atoms with van der Waals surface area (Å²) < 4.78 is 16.2. The third kappa shape index (κ3) is 7.14. The Labute approximate surface area is 193 Å². The van der Waals surface area contributed by atoms with Crippen LogP contribution in [0.3, 0.4) is 0 Å². The Bertz CT molecular complexity index is 536. The van der Waals surface area contributed by atoms with E-state index in [0.717, 1.165) is 44.9 Å². The van der Waals surface area contributed by atoms with Gasteiger partial charge in [-0.3, -0.25) is 4.79 Å². The Kier molecular flexibility index (Phi) is 12.2. The fraction of sp³-hybridized carbons (Fsp3) is 0.870. The highest BCUT2D eigenvalue weighted by Crippen LogP contribution is 2.49. The first-order chi connectivity index (χ1) is 14.5. The van der Waals surface area contributed by atoms with Gasteiger partial charge in [0.15, 0.2) is 0 Å². The zero-order valence-electron chi connectivity index (χ0n) is 18.7. The third-order valence-electron chi connectivity index (χ3n) is 7.53. The molecule has 2 rings (SSSR count). The average Bonchev–Trinajstić information content (AvgIpc) is 3.03. The molecule has 30 heavy (non-hydrogen) atoms. The van der Waals surface area contributed by atoms with Crippen molar-refractivity contribution >= 4 is 36.5 Å². The van der Waals surface area contributed by atoms with Crippen molar-refractivity contribution in [2.24, 2.45) is 17.3 Å². The second-order valence-electron chi connectivity index (χ2n) is 9.05. The summed E-state index contributed by atoms with van der Waals surface area (Å²) in [4.78, 5) is 11.2. The molecule has 0 amide bonds. The van der Waals surface area contributed by atoms with Crippen molar-refractivity contribution < 1.29 is 18.6 Å². The van der Waals surface area contributed by atoms with E-state index in [9.17, 15) is 4.79 Å². The molecule has 0 aliphatic heterocycles. The van der Waals surface area contributed by atoms with E-state index in [4.69, 9.17) is 25.4 Å². The highest BCUT2D eigenvalue weighted by molar-refractivity contribution is 7.10. The number of carbonyl (C=O) groups excluding carboxylic acids is 1. The maximum Gasteiger partial charge on any atom is 0.305 e. The molecule has 0 spiro atoms. The fourth-order valence-electron chi connectivity index (χ4n) is 5.31. The molecule has 0 aromatic heterocycles. The van der Waals surface area contributed by atoms with Gasteiger partial charge in [-0.25, -0.2) is 0 Å². The molecular weight excluding hydrogens is 438 g/mol. The first-order valence-electron chi connectivity index (χ1n) is 11.6. The minimum atomic E-state index is -0.114. The minimum Gasteiger partial charge on any atom is -0.469 e. The van der Waals surface area contributed by atoms with Crippen molar-refractivity contribution in [3.8, 4) is 0 Å². The Hall–Kier alpha value is 0.280. The molecule has 5 unspecified atom stereocenters. The van der Waals surface area contributed by atoms with Gasteiger partial charge >= 0.3 is 5.97 Å². The number of unbranched alkanes of at least 4 members (excludes halogenated alkanes) is 3. The number of rotatable bonds is 14. The van der Waals surface area contributed by atoms with Crippen LogP contribution in [0.5, 0.6) is 0 Å². The predicted octanol–water partition coefficient (Wildman–Crippen LogP) is 6.62. The Balaban J connectivity index is 1.84. The van der Waals surface area contributed by atoms with E-state index in [-0.39, 0.29) is 23.6 Å². The summed E-state index contributed by atoms with van der Waals surface area (Å²) in [6, 6.07) is 0. The quantitative estimate of drug-likeness (QED) is 0.0924. The molecule has 2 fully saturated rings. The zero-order chi connectivity index (χ0) is 22.0. The number of halogens is 1. The summed E-state index contributed by atoms with van der Waals surface area (Å²) in [5.41, 5.74) is 0.358. The molecule has 0 N–H and O–H groups in total. The van der Waals surface area contributed by atoms with E-state index in [1.807, 2.05) is 0 Å². The molecule has 0 saturated heterocycles. The lowest BCUT2D eigenvalue weighted by atomic mass is 9.63. The summed E-state index contributed by atoms with van der Waals surface area (Å²) in [6.45, 7) is 2.29. The maximum absolute atomic E-state index is 11.2. The van der Waals surface area contributed by atoms with Gasteiger partial charge in [0.2, 0.25) is 0 Å². The van der Waals surface area contributed by atoms with Gasteiger partial charge in [-0.05, 0) is 56.3 Å². The van der Waals surface area contributed by atoms with Gasteiger partial charge in [0.1, 0.15) is 0 Å². The summed E-state index contributed by atoms with van der Waals surface area (Å²) in [7, 11) is 6.38. The highest BCUT2D eigenvalue weighted by atomic mass is 35.5. The van der Waals surface area contributed by atoms with Crippen molar-refractivity contribution in [1.82, 2.24) is 0 Å². The molecule has 0 aromatic carbocycles. The SMILES string of the molecule is CCC1(C(C/C=C/[C@H]2C(OP)CC(Cl)[C@@H]2CCCCCCC(=O)OC)OP)CCC1. The lowest BCUT2D eigenvalue weighted by molar-refractivity contribution is -0.140. The van der Waals surface area contributed by atoms with E-state index >= 15 is 0 Å². The Morgan fingerprint density at radius 3 is 2.53 bits per heavy atom. The van der Waals surface area contributed by atoms with Crippen LogP contribution < -0.4 is 0 Å². The number of esters is 1. The standard InChI is InChI=1S/C23H41ClO4P2/c1-3-23(14-9-15-23)21(28-30)12-8-11-18-17(19(24)16-20(18)27-29)10-6-4-5-7-13-22(25)26-2/h8,11,17-21H,3-7,9-10,12-16,29-30H2,1-2H3/b11-8+/t17-,18-,19?,20?,21?/m1/s1. The third-order valence-corrected chi connectivity index (χ3v) is 8.71. The van der Waals surface area contributed by atoms with Gasteiger partial charge in [0.05, 0.1) is 19.3 Å². The zero-order valence-corrected chi connectivity index (χ0v) is 21.8. The highest BCUT2D eigenvalue weighted by Gasteiger charge is 2.43. The predicted molar refractivity (Wildman–Crippen MR) is 130 cm³/mol. The second kappa shape index (κ2) is 13.7. The normalized spacial score (nSPS) is 29.1. The lowest BCUT2D eigenvalue weighted by Gasteiger charge is -2.46. The molecule has 7 heteroatoms. The molecular formula is C23H41ClO4P2. The van der Waals surface area contributed by atoms with Crippen LogP contribution in [0.2, 0.25) is 0 Å². The van der Waals surface area contributed by atoms with E-state index in [2.05, 4.69) is 38.0 Å². The Morgan fingerprint density at radius 2 is 1.97 bits per heavy atom. The van der Waals surface area contributed by atoms with Gasteiger partial charge in [0, 0.05) is 36.6 Å². The van der Waals surface area contributed by atoms with Crippen LogP contribution >= 0.6 is 30.5 Å². The lowest BCUT2D eigenvalue weighted by Crippen LogP contribution is -2.40. The van der Waals surface area contributed by atoms with Crippen LogP contribution in [0.4, 0.5) is 0 Å². The fourth-order valence-corrected chi connectivity index (χ4v) is 6.47. The van der Waals surface area contributed by atoms with Crippen molar-refractivity contribution in [2.75, 3.05) is 7.11 Å². The monoisotopic (exact) mass is 478 g/mol. The molecule has 0 heterocycles. The molecule has 0 bridgehead atoms. The van der Waals surface area contributed by atoms with Crippen LogP contribution in [-0.4, -0.2) is 30.7 Å². The molecule has 2 aliphatic rings. The summed E-state index contributed by atoms with van der Waals surface area (Å²) in [5, 5.41) is 0.155. The molecule has 2 saturated carbocycles. The van der Waals surface area contributed by atoms with Gasteiger partial charge in [0.25, 0.3) is 0 Å². The van der Waals surface area contributed by atoms with Gasteiger partial charge in [-0.2, -0.15) is 0 Å². The number of ether oxygens (including phenoxy) is 1. The smallest absolute Gasteiger partial charge is 0.305 e. The van der Waals surface area contributed by atoms with Gasteiger partial charge in [-0.15, -0.1) is 11.6 Å². The van der Waals surface area contributed by atoms with Crippen LogP contribution in [0.1, 0.15) is 84.0 Å². The van der Waals surface area contributed by atoms with Crippen molar-refractivity contribution in [3.05, 3.63) is 12.2 Å². The van der Waals surface area contributed by atoms with E-state index in [1.54, 1.807) is 0 Å². The first kappa shape index (κ1) is 26.5. The van der Waals surface area contributed by atoms with Crippen LogP contribution in [-0.2, 0) is 18.6 Å². The largest absolute Gasteiger partial charge is 0.469 e. The van der Waals surface area contributed by atoms with Crippen LogP contribution in [0.15, 0.2) is 12.2 Å². The number of carbonyl (C=O) groups is 1. The van der Waals surface area contributed by atoms with Crippen molar-refractivity contribution in [2.45, 2.75) is 102 Å². The van der Waals surface area contributed by atoms with E-state index in [0.29, 0.717) is 23.7 Å². The van der Waals surface area contributed by atoms with Gasteiger partial charge in [-0.1, -0.05) is 44.8 Å². The minimum absolute atomic E-state index is 0.114. The van der Waals surface area contributed by atoms with Crippen LogP contribution in [0.25, 0.3) is 0 Å². The van der Waals surface area contributed by atoms with Crippen LogP contribution in [0, 0.1) is 17.3 Å². The number of methoxy groups -OCH3 is 1. The summed E-state index contributed by atoms with van der Waals surface area (Å²) >= 11 is 6.73. The number of alkyl halides is 1.